The largest absolute Gasteiger partial charge is 0.507 e. The SMILES string of the molecule is Cc1ccc(/C(O)=C2/C(=O)C(=O)N(CCCN3CCOCC3)C2c2cccnc2)cc1. The van der Waals surface area contributed by atoms with Gasteiger partial charge in [-0.15, -0.1) is 0 Å². The number of aliphatic hydroxyl groups is 1. The Morgan fingerprint density at radius 1 is 1.13 bits per heavy atom. The molecule has 31 heavy (non-hydrogen) atoms. The number of benzene rings is 1. The minimum atomic E-state index is -0.654. The number of aryl methyl sites for hydroxylation is 1. The van der Waals surface area contributed by atoms with Crippen LogP contribution in [0.15, 0.2) is 54.4 Å². The monoisotopic (exact) mass is 421 g/mol. The van der Waals surface area contributed by atoms with Gasteiger partial charge in [0.15, 0.2) is 0 Å². The van der Waals surface area contributed by atoms with Crippen molar-refractivity contribution >= 4 is 17.4 Å². The van der Waals surface area contributed by atoms with Crippen molar-refractivity contribution in [2.24, 2.45) is 0 Å². The molecule has 1 aromatic heterocycles. The molecule has 1 atom stereocenters. The second-order valence-electron chi connectivity index (χ2n) is 7.95. The van der Waals surface area contributed by atoms with E-state index in [2.05, 4.69) is 9.88 Å². The number of carbonyl (C=O) groups excluding carboxylic acids is 2. The van der Waals surface area contributed by atoms with Crippen LogP contribution in [-0.2, 0) is 14.3 Å². The Morgan fingerprint density at radius 3 is 2.55 bits per heavy atom. The summed E-state index contributed by atoms with van der Waals surface area (Å²) in [5.74, 6) is -1.38. The van der Waals surface area contributed by atoms with Crippen molar-refractivity contribution in [2.45, 2.75) is 19.4 Å². The number of Topliss-reactive ketones (excluding diaryl/α,β-unsaturated/α-hetero) is 1. The summed E-state index contributed by atoms with van der Waals surface area (Å²) < 4.78 is 5.38. The lowest BCUT2D eigenvalue weighted by Gasteiger charge is -2.29. The summed E-state index contributed by atoms with van der Waals surface area (Å²) in [5.41, 5.74) is 2.39. The van der Waals surface area contributed by atoms with Gasteiger partial charge in [0.25, 0.3) is 11.7 Å². The number of amides is 1. The highest BCUT2D eigenvalue weighted by atomic mass is 16.5. The molecule has 7 heteroatoms. The van der Waals surface area contributed by atoms with Crippen LogP contribution in [0.4, 0.5) is 0 Å². The Labute approximate surface area is 182 Å². The minimum absolute atomic E-state index is 0.119. The van der Waals surface area contributed by atoms with Gasteiger partial charge in [0.2, 0.25) is 0 Å². The smallest absolute Gasteiger partial charge is 0.295 e. The zero-order chi connectivity index (χ0) is 21.8. The number of rotatable bonds is 6. The summed E-state index contributed by atoms with van der Waals surface area (Å²) in [6.07, 6.45) is 4.02. The zero-order valence-electron chi connectivity index (χ0n) is 17.7. The number of likely N-dealkylation sites (tertiary alicyclic amines) is 1. The molecule has 0 bridgehead atoms. The number of morpholine rings is 1. The molecule has 2 fully saturated rings. The zero-order valence-corrected chi connectivity index (χ0v) is 17.7. The predicted octanol–water partition coefficient (Wildman–Crippen LogP) is 2.53. The first-order valence-electron chi connectivity index (χ1n) is 10.6. The third-order valence-electron chi connectivity index (χ3n) is 5.84. The third-order valence-corrected chi connectivity index (χ3v) is 5.84. The summed E-state index contributed by atoms with van der Waals surface area (Å²) in [6.45, 7) is 6.38. The van der Waals surface area contributed by atoms with Crippen molar-refractivity contribution in [3.05, 3.63) is 71.1 Å². The van der Waals surface area contributed by atoms with Crippen molar-refractivity contribution in [1.29, 1.82) is 0 Å². The number of ketones is 1. The lowest BCUT2D eigenvalue weighted by Crippen LogP contribution is -2.39. The van der Waals surface area contributed by atoms with Crippen LogP contribution in [0.3, 0.4) is 0 Å². The number of ether oxygens (including phenoxy) is 1. The van der Waals surface area contributed by atoms with Gasteiger partial charge in [-0.2, -0.15) is 0 Å². The van der Waals surface area contributed by atoms with E-state index in [0.29, 0.717) is 17.7 Å². The van der Waals surface area contributed by atoms with Gasteiger partial charge in [0.1, 0.15) is 5.76 Å². The second kappa shape index (κ2) is 9.41. The van der Waals surface area contributed by atoms with E-state index in [1.54, 1.807) is 35.5 Å². The third kappa shape index (κ3) is 4.52. The minimum Gasteiger partial charge on any atom is -0.507 e. The molecule has 0 saturated carbocycles. The number of hydrogen-bond acceptors (Lipinski definition) is 6. The normalized spacial score (nSPS) is 21.6. The summed E-state index contributed by atoms with van der Waals surface area (Å²) in [5, 5.41) is 11.0. The number of nitrogens with zero attached hydrogens (tertiary/aromatic N) is 3. The second-order valence-corrected chi connectivity index (χ2v) is 7.95. The molecule has 1 unspecified atom stereocenters. The van der Waals surface area contributed by atoms with Gasteiger partial charge < -0.3 is 14.7 Å². The first kappa shape index (κ1) is 21.2. The standard InChI is InChI=1S/C24H27N3O4/c1-17-5-7-18(8-6-17)22(28)20-21(19-4-2-9-25-16-19)27(24(30)23(20)29)11-3-10-26-12-14-31-15-13-26/h2,4-9,16,21,28H,3,10-15H2,1H3/b22-20-. The highest BCUT2D eigenvalue weighted by molar-refractivity contribution is 6.46. The molecule has 1 aromatic carbocycles. The molecule has 3 heterocycles. The van der Waals surface area contributed by atoms with E-state index in [0.717, 1.165) is 44.8 Å². The van der Waals surface area contributed by atoms with Crippen LogP contribution in [0.5, 0.6) is 0 Å². The molecule has 2 saturated heterocycles. The highest BCUT2D eigenvalue weighted by Gasteiger charge is 2.45. The number of pyridine rings is 1. The van der Waals surface area contributed by atoms with Crippen molar-refractivity contribution in [1.82, 2.24) is 14.8 Å². The van der Waals surface area contributed by atoms with Crippen molar-refractivity contribution < 1.29 is 19.4 Å². The summed E-state index contributed by atoms with van der Waals surface area (Å²) in [6, 6.07) is 10.2. The fraction of sp³-hybridized carbons (Fsp3) is 0.375. The molecular weight excluding hydrogens is 394 g/mol. The van der Waals surface area contributed by atoms with Gasteiger partial charge in [-0.3, -0.25) is 19.5 Å². The number of carbonyl (C=O) groups is 2. The molecule has 0 spiro atoms. The maximum atomic E-state index is 13.0. The van der Waals surface area contributed by atoms with Crippen molar-refractivity contribution in [3.63, 3.8) is 0 Å². The van der Waals surface area contributed by atoms with Crippen LogP contribution in [0.2, 0.25) is 0 Å². The molecule has 1 N–H and O–H groups in total. The fourth-order valence-electron chi connectivity index (χ4n) is 4.15. The summed E-state index contributed by atoms with van der Waals surface area (Å²) >= 11 is 0. The molecular formula is C24H27N3O4. The van der Waals surface area contributed by atoms with Gasteiger partial charge in [-0.1, -0.05) is 35.9 Å². The first-order valence-corrected chi connectivity index (χ1v) is 10.6. The van der Waals surface area contributed by atoms with Crippen molar-refractivity contribution in [2.75, 3.05) is 39.4 Å². The van der Waals surface area contributed by atoms with Gasteiger partial charge in [0.05, 0.1) is 24.8 Å². The van der Waals surface area contributed by atoms with E-state index in [9.17, 15) is 14.7 Å². The Kier molecular flexibility index (Phi) is 6.44. The van der Waals surface area contributed by atoms with Crippen molar-refractivity contribution in [3.8, 4) is 0 Å². The van der Waals surface area contributed by atoms with Crippen LogP contribution in [-0.4, -0.2) is 71.0 Å². The van der Waals surface area contributed by atoms with E-state index in [-0.39, 0.29) is 11.3 Å². The molecule has 0 aliphatic carbocycles. The van der Waals surface area contributed by atoms with E-state index in [4.69, 9.17) is 4.74 Å². The number of aliphatic hydroxyl groups excluding tert-OH is 1. The molecule has 2 aliphatic heterocycles. The average Bonchev–Trinajstić information content (AvgIpc) is 3.05. The molecule has 2 aromatic rings. The lowest BCUT2D eigenvalue weighted by molar-refractivity contribution is -0.140. The van der Waals surface area contributed by atoms with Gasteiger partial charge in [-0.05, 0) is 25.0 Å². The van der Waals surface area contributed by atoms with Crippen LogP contribution in [0.1, 0.15) is 29.2 Å². The molecule has 7 nitrogen and oxygen atoms in total. The molecule has 1 amide bonds. The van der Waals surface area contributed by atoms with Crippen LogP contribution < -0.4 is 0 Å². The topological polar surface area (TPSA) is 83.0 Å². The van der Waals surface area contributed by atoms with Gasteiger partial charge >= 0.3 is 0 Å². The number of hydrogen-bond donors (Lipinski definition) is 1. The molecule has 4 rings (SSSR count). The predicted molar refractivity (Wildman–Crippen MR) is 116 cm³/mol. The summed E-state index contributed by atoms with van der Waals surface area (Å²) in [4.78, 5) is 34.0. The lowest BCUT2D eigenvalue weighted by atomic mass is 9.96. The van der Waals surface area contributed by atoms with E-state index < -0.39 is 17.7 Å². The Bertz CT molecular complexity index is 966. The Morgan fingerprint density at radius 2 is 1.87 bits per heavy atom. The first-order chi connectivity index (χ1) is 15.1. The summed E-state index contributed by atoms with van der Waals surface area (Å²) in [7, 11) is 0. The maximum absolute atomic E-state index is 13.0. The van der Waals surface area contributed by atoms with Crippen LogP contribution in [0, 0.1) is 6.92 Å². The fourth-order valence-corrected chi connectivity index (χ4v) is 4.15. The van der Waals surface area contributed by atoms with Crippen LogP contribution in [0.25, 0.3) is 5.76 Å². The quantitative estimate of drug-likeness (QED) is 0.439. The molecule has 162 valence electrons. The highest BCUT2D eigenvalue weighted by Crippen LogP contribution is 2.39. The average molecular weight is 421 g/mol. The Hall–Kier alpha value is -3.03. The van der Waals surface area contributed by atoms with E-state index in [1.807, 2.05) is 25.1 Å². The maximum Gasteiger partial charge on any atom is 0.295 e. The van der Waals surface area contributed by atoms with Gasteiger partial charge in [-0.25, -0.2) is 0 Å². The van der Waals surface area contributed by atoms with Crippen LogP contribution >= 0.6 is 0 Å². The Balaban J connectivity index is 1.64. The van der Waals surface area contributed by atoms with E-state index >= 15 is 0 Å². The number of aromatic nitrogens is 1. The molecule has 2 aliphatic rings. The molecule has 0 radical (unpaired) electrons. The van der Waals surface area contributed by atoms with Gasteiger partial charge in [0, 0.05) is 44.1 Å². The van der Waals surface area contributed by atoms with E-state index in [1.165, 1.54) is 0 Å².